The van der Waals surface area contributed by atoms with Crippen LogP contribution in [-0.4, -0.2) is 50.5 Å². The van der Waals surface area contributed by atoms with Crippen molar-refractivity contribution in [2.45, 2.75) is 58.5 Å². The molecule has 0 aliphatic carbocycles. The Balaban J connectivity index is 1.56. The van der Waals surface area contributed by atoms with E-state index in [0.717, 1.165) is 30.5 Å². The summed E-state index contributed by atoms with van der Waals surface area (Å²) in [5, 5.41) is 5.62. The lowest BCUT2D eigenvalue weighted by Crippen LogP contribution is -2.59. The molecular weight excluding hydrogens is 370 g/mol. The van der Waals surface area contributed by atoms with Crippen LogP contribution in [0.15, 0.2) is 22.7 Å². The molecule has 1 aromatic heterocycles. The minimum Gasteiger partial charge on any atom is -0.339 e. The highest BCUT2D eigenvalue weighted by Crippen LogP contribution is 2.35. The lowest BCUT2D eigenvalue weighted by molar-refractivity contribution is -0.120. The number of hydrazine groups is 1. The second-order valence-corrected chi connectivity index (χ2v) is 8.17. The highest BCUT2D eigenvalue weighted by molar-refractivity contribution is 5.99. The van der Waals surface area contributed by atoms with Gasteiger partial charge in [-0.25, -0.2) is 5.01 Å². The fraction of sp³-hybridized carbons (Fsp3) is 0.524. The van der Waals surface area contributed by atoms with Gasteiger partial charge < -0.3 is 4.52 Å². The molecule has 2 aromatic rings. The molecular formula is C21H27N5O3. The van der Waals surface area contributed by atoms with Crippen molar-refractivity contribution in [2.24, 2.45) is 0 Å². The van der Waals surface area contributed by atoms with E-state index in [-0.39, 0.29) is 11.8 Å². The first kappa shape index (κ1) is 19.6. The van der Waals surface area contributed by atoms with Gasteiger partial charge in [0.25, 0.3) is 5.91 Å². The number of rotatable bonds is 4. The molecule has 1 unspecified atom stereocenters. The van der Waals surface area contributed by atoms with Crippen LogP contribution in [0.4, 0.5) is 0 Å². The first-order valence-electron chi connectivity index (χ1n) is 10.2. The maximum Gasteiger partial charge on any atom is 0.273 e. The summed E-state index contributed by atoms with van der Waals surface area (Å²) >= 11 is 0. The average Bonchev–Trinajstić information content (AvgIpc) is 3.25. The van der Waals surface area contributed by atoms with Gasteiger partial charge in [-0.05, 0) is 44.9 Å². The van der Waals surface area contributed by atoms with Crippen LogP contribution < -0.4 is 5.43 Å². The third kappa shape index (κ3) is 3.76. The Labute approximate surface area is 170 Å². The summed E-state index contributed by atoms with van der Waals surface area (Å²) in [4.78, 5) is 32.3. The number of aryl methyl sites for hydroxylation is 3. The summed E-state index contributed by atoms with van der Waals surface area (Å²) < 4.78 is 5.21. The van der Waals surface area contributed by atoms with Gasteiger partial charge in [-0.15, -0.1) is 0 Å². The van der Waals surface area contributed by atoms with Crippen molar-refractivity contribution in [3.8, 4) is 0 Å². The Morgan fingerprint density at radius 2 is 2.17 bits per heavy atom. The molecule has 2 saturated heterocycles. The molecule has 1 atom stereocenters. The molecule has 2 aliphatic heterocycles. The first-order valence-corrected chi connectivity index (χ1v) is 10.2. The maximum absolute atomic E-state index is 13.4. The second kappa shape index (κ2) is 7.59. The zero-order valence-electron chi connectivity index (χ0n) is 17.2. The summed E-state index contributed by atoms with van der Waals surface area (Å²) in [5.74, 6) is 1.00. The summed E-state index contributed by atoms with van der Waals surface area (Å²) in [6.07, 6.45) is 2.69. The van der Waals surface area contributed by atoms with Gasteiger partial charge in [-0.3, -0.25) is 19.9 Å². The molecule has 8 heteroatoms. The minimum absolute atomic E-state index is 0.113. The van der Waals surface area contributed by atoms with E-state index in [1.807, 2.05) is 39.0 Å². The third-order valence-corrected chi connectivity index (χ3v) is 5.83. The molecule has 1 spiro atoms. The van der Waals surface area contributed by atoms with Crippen molar-refractivity contribution in [2.75, 3.05) is 13.1 Å². The number of nitrogens with one attached hydrogen (secondary N) is 1. The van der Waals surface area contributed by atoms with Gasteiger partial charge in [0.1, 0.15) is 0 Å². The molecule has 154 valence electrons. The molecule has 2 fully saturated rings. The predicted octanol–water partition coefficient (Wildman–Crippen LogP) is 2.16. The molecule has 0 radical (unpaired) electrons. The van der Waals surface area contributed by atoms with Crippen LogP contribution in [0.25, 0.3) is 0 Å². The van der Waals surface area contributed by atoms with Gasteiger partial charge in [0.05, 0.1) is 18.5 Å². The van der Waals surface area contributed by atoms with Crippen LogP contribution in [0.2, 0.25) is 0 Å². The Kier molecular flexibility index (Phi) is 5.12. The van der Waals surface area contributed by atoms with Crippen LogP contribution in [0.5, 0.6) is 0 Å². The Morgan fingerprint density at radius 3 is 2.90 bits per heavy atom. The topological polar surface area (TPSA) is 91.6 Å². The number of carbonyl (C=O) groups is 2. The number of piperidine rings is 1. The largest absolute Gasteiger partial charge is 0.339 e. The SMILES string of the molecule is CCc1nc(CN2CCCC3(CC(=O)NN3C(=O)c3ccc(C)cc3C)C2)no1. The highest BCUT2D eigenvalue weighted by Gasteiger charge is 2.50. The van der Waals surface area contributed by atoms with Gasteiger partial charge in [-0.1, -0.05) is 29.8 Å². The van der Waals surface area contributed by atoms with E-state index in [9.17, 15) is 9.59 Å². The fourth-order valence-electron chi connectivity index (χ4n) is 4.47. The summed E-state index contributed by atoms with van der Waals surface area (Å²) in [7, 11) is 0. The molecule has 1 N–H and O–H groups in total. The van der Waals surface area contributed by atoms with Crippen LogP contribution in [-0.2, 0) is 17.8 Å². The van der Waals surface area contributed by atoms with Gasteiger partial charge in [0, 0.05) is 18.5 Å². The fourth-order valence-corrected chi connectivity index (χ4v) is 4.47. The first-order chi connectivity index (χ1) is 13.9. The zero-order chi connectivity index (χ0) is 20.6. The van der Waals surface area contributed by atoms with Gasteiger partial charge in [0.15, 0.2) is 5.82 Å². The van der Waals surface area contributed by atoms with Crippen molar-refractivity contribution >= 4 is 11.8 Å². The standard InChI is InChI=1S/C21H27N5O3/c1-4-19-22-17(24-29-19)12-25-9-5-8-21(13-25)11-18(27)23-26(21)20(28)16-7-6-14(2)10-15(16)3/h6-7,10H,4-5,8-9,11-13H2,1-3H3,(H,23,27). The predicted molar refractivity (Wildman–Crippen MR) is 106 cm³/mol. The van der Waals surface area contributed by atoms with Crippen molar-refractivity contribution in [3.05, 3.63) is 46.6 Å². The molecule has 3 heterocycles. The number of hydrogen-bond donors (Lipinski definition) is 1. The molecule has 29 heavy (non-hydrogen) atoms. The van der Waals surface area contributed by atoms with Crippen molar-refractivity contribution < 1.29 is 14.1 Å². The Bertz CT molecular complexity index is 940. The normalized spacial score (nSPS) is 22.3. The number of benzene rings is 1. The molecule has 1 aromatic carbocycles. The molecule has 0 bridgehead atoms. The van der Waals surface area contributed by atoms with E-state index in [4.69, 9.17) is 4.52 Å². The van der Waals surface area contributed by atoms with Crippen molar-refractivity contribution in [1.82, 2.24) is 25.5 Å². The van der Waals surface area contributed by atoms with Crippen LogP contribution in [0.1, 0.15) is 59.4 Å². The lowest BCUT2D eigenvalue weighted by atomic mass is 9.85. The molecule has 4 rings (SSSR count). The smallest absolute Gasteiger partial charge is 0.273 e. The molecule has 2 aliphatic rings. The van der Waals surface area contributed by atoms with E-state index in [1.54, 1.807) is 5.01 Å². The molecule has 0 saturated carbocycles. The van der Waals surface area contributed by atoms with Gasteiger partial charge in [-0.2, -0.15) is 4.98 Å². The summed E-state index contributed by atoms with van der Waals surface area (Å²) in [5.41, 5.74) is 4.91. The molecule has 2 amide bonds. The highest BCUT2D eigenvalue weighted by atomic mass is 16.5. The Hall–Kier alpha value is -2.74. The number of hydrogen-bond acceptors (Lipinski definition) is 6. The van der Waals surface area contributed by atoms with Crippen LogP contribution >= 0.6 is 0 Å². The monoisotopic (exact) mass is 397 g/mol. The third-order valence-electron chi connectivity index (χ3n) is 5.83. The number of carbonyl (C=O) groups excluding carboxylic acids is 2. The summed E-state index contributed by atoms with van der Waals surface area (Å²) in [6, 6.07) is 5.77. The molecule has 8 nitrogen and oxygen atoms in total. The maximum atomic E-state index is 13.4. The minimum atomic E-state index is -0.554. The summed E-state index contributed by atoms with van der Waals surface area (Å²) in [6.45, 7) is 7.92. The number of aromatic nitrogens is 2. The second-order valence-electron chi connectivity index (χ2n) is 8.17. The Morgan fingerprint density at radius 1 is 1.34 bits per heavy atom. The van der Waals surface area contributed by atoms with E-state index in [1.165, 1.54) is 0 Å². The van der Waals surface area contributed by atoms with E-state index < -0.39 is 5.54 Å². The van der Waals surface area contributed by atoms with Crippen LogP contribution in [0.3, 0.4) is 0 Å². The van der Waals surface area contributed by atoms with Crippen LogP contribution in [0, 0.1) is 13.8 Å². The quantitative estimate of drug-likeness (QED) is 0.850. The average molecular weight is 397 g/mol. The number of amides is 2. The van der Waals surface area contributed by atoms with Crippen molar-refractivity contribution in [1.29, 1.82) is 0 Å². The van der Waals surface area contributed by atoms with E-state index in [0.29, 0.717) is 43.2 Å². The number of likely N-dealkylation sites (tertiary alicyclic amines) is 1. The van der Waals surface area contributed by atoms with E-state index in [2.05, 4.69) is 20.5 Å². The number of nitrogens with zero attached hydrogens (tertiary/aromatic N) is 4. The van der Waals surface area contributed by atoms with Crippen molar-refractivity contribution in [3.63, 3.8) is 0 Å². The van der Waals surface area contributed by atoms with Gasteiger partial charge >= 0.3 is 0 Å². The zero-order valence-corrected chi connectivity index (χ0v) is 17.2. The van der Waals surface area contributed by atoms with Gasteiger partial charge in [0.2, 0.25) is 11.8 Å². The van der Waals surface area contributed by atoms with E-state index >= 15 is 0 Å². The lowest BCUT2D eigenvalue weighted by Gasteiger charge is -2.44.